The van der Waals surface area contributed by atoms with Crippen LogP contribution < -0.4 is 11.5 Å². The average Bonchev–Trinajstić information content (AvgIpc) is 2.18. The standard InChI is InChI=1S/C9H12ClN3O2.ClH/c10-7-2-1-6(8(12)3-4-11)5-9(7)13(14)15;/h1-2,5,8H,3-4,11-12H2;1H/t8-;/m1./s1. The summed E-state index contributed by atoms with van der Waals surface area (Å²) < 4.78 is 0. The van der Waals surface area contributed by atoms with Crippen LogP contribution in [0.3, 0.4) is 0 Å². The molecule has 0 fully saturated rings. The van der Waals surface area contributed by atoms with E-state index in [9.17, 15) is 10.1 Å². The highest BCUT2D eigenvalue weighted by atomic mass is 35.5. The molecule has 0 aliphatic carbocycles. The number of rotatable bonds is 4. The first-order valence-corrected chi connectivity index (χ1v) is 4.83. The Balaban J connectivity index is 0.00000225. The van der Waals surface area contributed by atoms with Crippen LogP contribution in [0.15, 0.2) is 18.2 Å². The maximum atomic E-state index is 10.6. The van der Waals surface area contributed by atoms with E-state index in [2.05, 4.69) is 0 Å². The third kappa shape index (κ3) is 3.61. The third-order valence-electron chi connectivity index (χ3n) is 2.07. The highest BCUT2D eigenvalue weighted by molar-refractivity contribution is 6.32. The SMILES string of the molecule is Cl.NCC[C@@H](N)c1ccc(Cl)c([N+](=O)[O-])c1. The van der Waals surface area contributed by atoms with E-state index in [0.29, 0.717) is 18.5 Å². The van der Waals surface area contributed by atoms with E-state index in [-0.39, 0.29) is 29.2 Å². The molecule has 0 radical (unpaired) electrons. The van der Waals surface area contributed by atoms with Crippen LogP contribution in [0.4, 0.5) is 5.69 Å². The summed E-state index contributed by atoms with van der Waals surface area (Å²) in [4.78, 5) is 10.1. The number of hydrogen-bond acceptors (Lipinski definition) is 4. The van der Waals surface area contributed by atoms with Crippen molar-refractivity contribution in [3.63, 3.8) is 0 Å². The second kappa shape index (κ2) is 6.65. The van der Waals surface area contributed by atoms with Crippen LogP contribution in [-0.2, 0) is 0 Å². The van der Waals surface area contributed by atoms with Crippen molar-refractivity contribution in [1.29, 1.82) is 0 Å². The van der Waals surface area contributed by atoms with Crippen molar-refractivity contribution in [2.45, 2.75) is 12.5 Å². The monoisotopic (exact) mass is 265 g/mol. The molecule has 0 saturated carbocycles. The van der Waals surface area contributed by atoms with Crippen LogP contribution in [0.5, 0.6) is 0 Å². The third-order valence-corrected chi connectivity index (χ3v) is 2.39. The Morgan fingerprint density at radius 2 is 2.12 bits per heavy atom. The van der Waals surface area contributed by atoms with Gasteiger partial charge in [0.15, 0.2) is 0 Å². The normalized spacial score (nSPS) is 11.7. The number of benzene rings is 1. The molecule has 0 amide bonds. The summed E-state index contributed by atoms with van der Waals surface area (Å²) >= 11 is 5.67. The van der Waals surface area contributed by atoms with Crippen molar-refractivity contribution >= 4 is 29.7 Å². The second-order valence-corrected chi connectivity index (χ2v) is 3.56. The maximum Gasteiger partial charge on any atom is 0.288 e. The van der Waals surface area contributed by atoms with Crippen molar-refractivity contribution in [3.05, 3.63) is 38.9 Å². The lowest BCUT2D eigenvalue weighted by Gasteiger charge is -2.10. The van der Waals surface area contributed by atoms with Gasteiger partial charge in [-0.2, -0.15) is 0 Å². The smallest absolute Gasteiger partial charge is 0.288 e. The Labute approximate surface area is 104 Å². The molecular formula is C9H13Cl2N3O2. The van der Waals surface area contributed by atoms with Crippen LogP contribution in [0.2, 0.25) is 5.02 Å². The molecule has 0 spiro atoms. The average molecular weight is 266 g/mol. The van der Waals surface area contributed by atoms with Gasteiger partial charge in [-0.15, -0.1) is 12.4 Å². The minimum absolute atomic E-state index is 0. The molecule has 1 atom stereocenters. The Hall–Kier alpha value is -0.880. The number of nitro benzene ring substituents is 1. The van der Waals surface area contributed by atoms with E-state index in [1.54, 1.807) is 6.07 Å². The van der Waals surface area contributed by atoms with Gasteiger partial charge >= 0.3 is 0 Å². The van der Waals surface area contributed by atoms with Crippen LogP contribution in [-0.4, -0.2) is 11.5 Å². The Kier molecular flexibility index (Phi) is 6.28. The molecule has 7 heteroatoms. The van der Waals surface area contributed by atoms with E-state index in [4.69, 9.17) is 23.1 Å². The molecule has 0 aliphatic rings. The fraction of sp³-hybridized carbons (Fsp3) is 0.333. The lowest BCUT2D eigenvalue weighted by molar-refractivity contribution is -0.384. The molecule has 90 valence electrons. The highest BCUT2D eigenvalue weighted by Gasteiger charge is 2.15. The minimum Gasteiger partial charge on any atom is -0.330 e. The molecule has 0 aliphatic heterocycles. The van der Waals surface area contributed by atoms with Crippen molar-refractivity contribution < 1.29 is 4.92 Å². The first kappa shape index (κ1) is 15.1. The quantitative estimate of drug-likeness (QED) is 0.643. The summed E-state index contributed by atoms with van der Waals surface area (Å²) in [5, 5.41) is 10.7. The van der Waals surface area contributed by atoms with Crippen molar-refractivity contribution in [2.24, 2.45) is 11.5 Å². The zero-order valence-corrected chi connectivity index (χ0v) is 10.0. The van der Waals surface area contributed by atoms with Gasteiger partial charge in [0.05, 0.1) is 4.92 Å². The molecule has 1 rings (SSSR count). The summed E-state index contributed by atoms with van der Waals surface area (Å²) in [6.07, 6.45) is 0.582. The van der Waals surface area contributed by atoms with Crippen molar-refractivity contribution in [2.75, 3.05) is 6.54 Å². The minimum atomic E-state index is -0.527. The number of halogens is 2. The van der Waals surface area contributed by atoms with Gasteiger partial charge in [-0.3, -0.25) is 10.1 Å². The fourth-order valence-corrected chi connectivity index (χ4v) is 1.43. The molecular weight excluding hydrogens is 253 g/mol. The molecule has 0 unspecified atom stereocenters. The molecule has 1 aromatic rings. The Morgan fingerprint density at radius 3 is 2.62 bits per heavy atom. The lowest BCUT2D eigenvalue weighted by atomic mass is 10.0. The molecule has 0 saturated heterocycles. The summed E-state index contributed by atoms with van der Waals surface area (Å²) in [6, 6.07) is 4.26. The summed E-state index contributed by atoms with van der Waals surface area (Å²) in [5.41, 5.74) is 11.7. The molecule has 16 heavy (non-hydrogen) atoms. The topological polar surface area (TPSA) is 95.2 Å². The van der Waals surface area contributed by atoms with Gasteiger partial charge in [-0.1, -0.05) is 17.7 Å². The lowest BCUT2D eigenvalue weighted by Crippen LogP contribution is -2.15. The van der Waals surface area contributed by atoms with Gasteiger partial charge < -0.3 is 11.5 Å². The van der Waals surface area contributed by atoms with Gasteiger partial charge in [0, 0.05) is 12.1 Å². The Bertz CT molecular complexity index is 374. The molecule has 1 aromatic carbocycles. The van der Waals surface area contributed by atoms with E-state index in [1.807, 2.05) is 0 Å². The van der Waals surface area contributed by atoms with E-state index in [1.165, 1.54) is 12.1 Å². The summed E-state index contributed by atoms with van der Waals surface area (Å²) in [5.74, 6) is 0. The predicted molar refractivity (Wildman–Crippen MR) is 66.0 cm³/mol. The zero-order chi connectivity index (χ0) is 11.4. The predicted octanol–water partition coefficient (Wildman–Crippen LogP) is 2.02. The maximum absolute atomic E-state index is 10.6. The summed E-state index contributed by atoms with van der Waals surface area (Å²) in [6.45, 7) is 0.442. The Morgan fingerprint density at radius 1 is 1.50 bits per heavy atom. The van der Waals surface area contributed by atoms with Gasteiger partial charge in [0.2, 0.25) is 0 Å². The number of nitrogens with zero attached hydrogens (tertiary/aromatic N) is 1. The highest BCUT2D eigenvalue weighted by Crippen LogP contribution is 2.27. The molecule has 0 aromatic heterocycles. The number of nitrogens with two attached hydrogens (primary N) is 2. The second-order valence-electron chi connectivity index (χ2n) is 3.15. The first-order chi connectivity index (χ1) is 7.06. The van der Waals surface area contributed by atoms with Gasteiger partial charge in [-0.05, 0) is 24.6 Å². The van der Waals surface area contributed by atoms with Gasteiger partial charge in [0.1, 0.15) is 5.02 Å². The van der Waals surface area contributed by atoms with E-state index >= 15 is 0 Å². The van der Waals surface area contributed by atoms with Crippen molar-refractivity contribution in [3.8, 4) is 0 Å². The number of hydrogen-bond donors (Lipinski definition) is 2. The fourth-order valence-electron chi connectivity index (χ4n) is 1.25. The molecule has 5 nitrogen and oxygen atoms in total. The van der Waals surface area contributed by atoms with E-state index < -0.39 is 4.92 Å². The van der Waals surface area contributed by atoms with Crippen LogP contribution >= 0.6 is 24.0 Å². The molecule has 0 heterocycles. The van der Waals surface area contributed by atoms with E-state index in [0.717, 1.165) is 0 Å². The van der Waals surface area contributed by atoms with Crippen LogP contribution in [0.1, 0.15) is 18.0 Å². The van der Waals surface area contributed by atoms with Gasteiger partial charge in [0.25, 0.3) is 5.69 Å². The first-order valence-electron chi connectivity index (χ1n) is 4.45. The zero-order valence-electron chi connectivity index (χ0n) is 8.43. The summed E-state index contributed by atoms with van der Waals surface area (Å²) in [7, 11) is 0. The molecule has 4 N–H and O–H groups in total. The number of nitro groups is 1. The van der Waals surface area contributed by atoms with Crippen LogP contribution in [0, 0.1) is 10.1 Å². The van der Waals surface area contributed by atoms with Crippen LogP contribution in [0.25, 0.3) is 0 Å². The van der Waals surface area contributed by atoms with Gasteiger partial charge in [-0.25, -0.2) is 0 Å². The van der Waals surface area contributed by atoms with Crippen molar-refractivity contribution in [1.82, 2.24) is 0 Å². The largest absolute Gasteiger partial charge is 0.330 e. The molecule has 0 bridgehead atoms.